The molecule has 2 aliphatic rings. The molecule has 2 fully saturated rings. The second-order valence-electron chi connectivity index (χ2n) is 7.69. The van der Waals surface area contributed by atoms with E-state index in [2.05, 4.69) is 33.4 Å². The number of nitrogens with zero attached hydrogens (tertiary/aromatic N) is 2. The van der Waals surface area contributed by atoms with Gasteiger partial charge in [0.05, 0.1) is 16.7 Å². The average molecular weight is 446 g/mol. The third-order valence-electron chi connectivity index (χ3n) is 6.03. The third-order valence-corrected chi connectivity index (χ3v) is 6.52. The van der Waals surface area contributed by atoms with Crippen molar-refractivity contribution in [2.24, 2.45) is 22.4 Å². The normalized spacial score (nSPS) is 26.1. The number of fused-ring (bicyclic) bond motifs is 1. The first-order valence-corrected chi connectivity index (χ1v) is 10.1. The zero-order chi connectivity index (χ0) is 19.9. The lowest BCUT2D eigenvalue weighted by atomic mass is 9.90. The van der Waals surface area contributed by atoms with Gasteiger partial charge in [0.2, 0.25) is 5.91 Å². The number of hydrogen-bond donors (Lipinski definition) is 1. The molecule has 2 aliphatic carbocycles. The summed E-state index contributed by atoms with van der Waals surface area (Å²) < 4.78 is 6.27. The summed E-state index contributed by atoms with van der Waals surface area (Å²) in [7, 11) is 0. The van der Waals surface area contributed by atoms with Crippen molar-refractivity contribution < 1.29 is 14.1 Å². The van der Waals surface area contributed by atoms with Gasteiger partial charge in [-0.1, -0.05) is 35.7 Å². The van der Waals surface area contributed by atoms with Crippen LogP contribution in [0, 0.1) is 27.4 Å². The first kappa shape index (κ1) is 18.9. The fourth-order valence-electron chi connectivity index (χ4n) is 4.51. The molecule has 146 valence electrons. The van der Waals surface area contributed by atoms with Gasteiger partial charge in [-0.05, 0) is 48.4 Å². The molecule has 0 aliphatic heterocycles. The second kappa shape index (κ2) is 7.16. The topological polar surface area (TPSA) is 97.7 Å². The summed E-state index contributed by atoms with van der Waals surface area (Å²) in [5.41, 5.74) is 3.08. The molecule has 3 atom stereocenters. The number of benzene rings is 1. The van der Waals surface area contributed by atoms with E-state index in [9.17, 15) is 14.9 Å². The lowest BCUT2D eigenvalue weighted by Crippen LogP contribution is -2.22. The van der Waals surface area contributed by atoms with Crippen molar-refractivity contribution in [3.8, 4) is 11.3 Å². The van der Waals surface area contributed by atoms with Crippen LogP contribution in [0.4, 0.5) is 5.69 Å². The summed E-state index contributed by atoms with van der Waals surface area (Å²) in [5, 5.41) is 15.3. The minimum absolute atomic E-state index is 0.0408. The first-order valence-electron chi connectivity index (χ1n) is 9.27. The van der Waals surface area contributed by atoms with E-state index in [-0.39, 0.29) is 22.9 Å². The number of nitrogens with one attached hydrogen (secondary N) is 1. The number of carbonyl (C=O) groups is 1. The Balaban J connectivity index is 1.43. The molecule has 0 spiro atoms. The maximum atomic E-state index is 12.4. The highest BCUT2D eigenvalue weighted by Gasteiger charge is 2.64. The van der Waals surface area contributed by atoms with Gasteiger partial charge in [0.1, 0.15) is 11.5 Å². The second-order valence-corrected chi connectivity index (χ2v) is 8.61. The maximum Gasteiger partial charge on any atom is 0.281 e. The van der Waals surface area contributed by atoms with Crippen LogP contribution >= 0.6 is 15.9 Å². The van der Waals surface area contributed by atoms with Crippen LogP contribution in [0.25, 0.3) is 11.3 Å². The summed E-state index contributed by atoms with van der Waals surface area (Å²) in [6, 6.07) is 8.08. The van der Waals surface area contributed by atoms with Crippen molar-refractivity contribution in [2.75, 3.05) is 0 Å². The van der Waals surface area contributed by atoms with Gasteiger partial charge in [0.15, 0.2) is 0 Å². The lowest BCUT2D eigenvalue weighted by molar-refractivity contribution is -0.384. The zero-order valence-electron chi connectivity index (χ0n) is 15.4. The van der Waals surface area contributed by atoms with E-state index in [0.29, 0.717) is 27.5 Å². The minimum atomic E-state index is -0.452. The van der Waals surface area contributed by atoms with E-state index < -0.39 is 4.92 Å². The number of furan rings is 1. The van der Waals surface area contributed by atoms with Crippen LogP contribution in [0.15, 0.2) is 44.3 Å². The smallest absolute Gasteiger partial charge is 0.281 e. The molecule has 2 aromatic rings. The van der Waals surface area contributed by atoms with Crippen LogP contribution in [-0.2, 0) is 4.79 Å². The van der Waals surface area contributed by atoms with Crippen LogP contribution in [0.3, 0.4) is 0 Å². The van der Waals surface area contributed by atoms with Gasteiger partial charge in [0.25, 0.3) is 5.69 Å². The molecule has 0 bridgehead atoms. The molecule has 28 heavy (non-hydrogen) atoms. The zero-order valence-corrected chi connectivity index (χ0v) is 16.9. The quantitative estimate of drug-likeness (QED) is 0.402. The molecule has 2 saturated carbocycles. The van der Waals surface area contributed by atoms with Crippen LogP contribution in [-0.4, -0.2) is 17.0 Å². The Hall–Kier alpha value is -2.48. The van der Waals surface area contributed by atoms with Crippen molar-refractivity contribution in [3.05, 3.63) is 50.7 Å². The van der Waals surface area contributed by atoms with Crippen molar-refractivity contribution in [1.82, 2.24) is 5.43 Å². The van der Waals surface area contributed by atoms with Crippen molar-refractivity contribution in [3.63, 3.8) is 0 Å². The number of nitro benzene ring substituents is 1. The van der Waals surface area contributed by atoms with Gasteiger partial charge in [0, 0.05) is 16.5 Å². The predicted octanol–water partition coefficient (Wildman–Crippen LogP) is 4.89. The number of hydrazone groups is 1. The number of hydrogen-bond acceptors (Lipinski definition) is 5. The molecule has 0 radical (unpaired) electrons. The molecule has 3 unspecified atom stereocenters. The molecular formula is C20H20BrN3O4. The number of rotatable bonds is 5. The summed E-state index contributed by atoms with van der Waals surface area (Å²) in [5.74, 6) is 1.26. The largest absolute Gasteiger partial charge is 0.455 e. The summed E-state index contributed by atoms with van der Waals surface area (Å²) in [6.45, 7) is 2.19. The lowest BCUT2D eigenvalue weighted by Gasteiger charge is -2.15. The predicted molar refractivity (Wildman–Crippen MR) is 108 cm³/mol. The van der Waals surface area contributed by atoms with Crippen LogP contribution in [0.1, 0.15) is 38.4 Å². The van der Waals surface area contributed by atoms with Gasteiger partial charge in [-0.3, -0.25) is 14.9 Å². The standard InChI is InChI=1S/C20H20BrN3O4/c1-20-9-3-2-4-15(20)18(20)19(25)23-22-11-13-6-8-17(28-13)14-7-5-12(21)10-16(14)24(26)27/h5-8,10-11,15,18H,2-4,9H2,1H3,(H,23,25). The fourth-order valence-corrected chi connectivity index (χ4v) is 4.86. The van der Waals surface area contributed by atoms with E-state index in [4.69, 9.17) is 4.42 Å². The number of nitro groups is 1. The Labute approximate surface area is 170 Å². The van der Waals surface area contributed by atoms with E-state index >= 15 is 0 Å². The van der Waals surface area contributed by atoms with Gasteiger partial charge in [-0.2, -0.15) is 5.10 Å². The molecule has 0 saturated heterocycles. The molecule has 1 aromatic heterocycles. The summed E-state index contributed by atoms with van der Waals surface area (Å²) >= 11 is 3.24. The van der Waals surface area contributed by atoms with Gasteiger partial charge < -0.3 is 4.42 Å². The Morgan fingerprint density at radius 3 is 2.93 bits per heavy atom. The fraction of sp³-hybridized carbons (Fsp3) is 0.400. The van der Waals surface area contributed by atoms with Crippen molar-refractivity contribution in [2.45, 2.75) is 32.6 Å². The van der Waals surface area contributed by atoms with Crippen molar-refractivity contribution >= 4 is 33.7 Å². The van der Waals surface area contributed by atoms with Crippen LogP contribution in [0.2, 0.25) is 0 Å². The molecule has 1 heterocycles. The molecule has 7 nitrogen and oxygen atoms in total. The highest BCUT2D eigenvalue weighted by atomic mass is 79.9. The number of halogens is 1. The molecule has 1 aromatic carbocycles. The van der Waals surface area contributed by atoms with E-state index in [1.165, 1.54) is 25.1 Å². The Kier molecular flexibility index (Phi) is 4.82. The number of carbonyl (C=O) groups excluding carboxylic acids is 1. The molecule has 1 N–H and O–H groups in total. The van der Waals surface area contributed by atoms with Gasteiger partial charge in [-0.25, -0.2) is 5.43 Å². The van der Waals surface area contributed by atoms with Crippen LogP contribution < -0.4 is 5.43 Å². The third kappa shape index (κ3) is 3.37. The van der Waals surface area contributed by atoms with Gasteiger partial charge in [-0.15, -0.1) is 0 Å². The highest BCUT2D eigenvalue weighted by Crippen LogP contribution is 2.66. The SMILES string of the molecule is CC12CCCCC1C2C(=O)NN=Cc1ccc(-c2ccc(Br)cc2[N+](=O)[O-])o1. The average Bonchev–Trinajstić information content (AvgIpc) is 3.02. The van der Waals surface area contributed by atoms with E-state index in [0.717, 1.165) is 12.8 Å². The monoisotopic (exact) mass is 445 g/mol. The van der Waals surface area contributed by atoms with E-state index in [1.54, 1.807) is 24.3 Å². The molecule has 4 rings (SSSR count). The first-order chi connectivity index (χ1) is 13.4. The van der Waals surface area contributed by atoms with E-state index in [1.807, 2.05) is 0 Å². The highest BCUT2D eigenvalue weighted by molar-refractivity contribution is 9.10. The molecular weight excluding hydrogens is 426 g/mol. The van der Waals surface area contributed by atoms with Crippen molar-refractivity contribution in [1.29, 1.82) is 0 Å². The van der Waals surface area contributed by atoms with Crippen LogP contribution in [0.5, 0.6) is 0 Å². The number of amides is 1. The Morgan fingerprint density at radius 2 is 2.21 bits per heavy atom. The maximum absolute atomic E-state index is 12.4. The Morgan fingerprint density at radius 1 is 1.39 bits per heavy atom. The summed E-state index contributed by atoms with van der Waals surface area (Å²) in [4.78, 5) is 23.2. The van der Waals surface area contributed by atoms with Gasteiger partial charge >= 0.3 is 0 Å². The molecule has 1 amide bonds. The minimum Gasteiger partial charge on any atom is -0.455 e. The Bertz CT molecular complexity index is 970. The summed E-state index contributed by atoms with van der Waals surface area (Å²) in [6.07, 6.45) is 6.03. The molecule has 8 heteroatoms.